The molecule has 0 aromatic heterocycles. The molecule has 144 valence electrons. The largest absolute Gasteiger partial charge is 0.497 e. The van der Waals surface area contributed by atoms with Gasteiger partial charge in [-0.2, -0.15) is 0 Å². The summed E-state index contributed by atoms with van der Waals surface area (Å²) in [7, 11) is 1.59. The Balaban J connectivity index is 1.66. The molecule has 0 radical (unpaired) electrons. The quantitative estimate of drug-likeness (QED) is 0.587. The zero-order valence-corrected chi connectivity index (χ0v) is 15.6. The van der Waals surface area contributed by atoms with E-state index in [0.29, 0.717) is 17.8 Å². The standard InChI is InChI=1S/C21H20N2O5/c1-3-28-21(26)15-6-8-16(9-7-15)23-19(24)12-18(20(23)25)22-13-14-4-10-17(27-2)11-5-14/h4-12,22H,3,13H2,1-2H3. The van der Waals surface area contributed by atoms with Gasteiger partial charge in [-0.1, -0.05) is 12.1 Å². The number of nitrogens with one attached hydrogen (secondary N) is 1. The molecule has 0 spiro atoms. The van der Waals surface area contributed by atoms with E-state index >= 15 is 0 Å². The van der Waals surface area contributed by atoms with Crippen molar-refractivity contribution in [1.29, 1.82) is 0 Å². The number of hydrogen-bond acceptors (Lipinski definition) is 6. The van der Waals surface area contributed by atoms with Gasteiger partial charge in [0.2, 0.25) is 0 Å². The van der Waals surface area contributed by atoms with Gasteiger partial charge in [0.1, 0.15) is 11.4 Å². The molecule has 7 heteroatoms. The monoisotopic (exact) mass is 380 g/mol. The maximum Gasteiger partial charge on any atom is 0.338 e. The number of anilines is 1. The fraction of sp³-hybridized carbons (Fsp3) is 0.190. The highest BCUT2D eigenvalue weighted by molar-refractivity contribution is 6.30. The Morgan fingerprint density at radius 2 is 1.71 bits per heavy atom. The van der Waals surface area contributed by atoms with E-state index in [1.54, 1.807) is 26.2 Å². The lowest BCUT2D eigenvalue weighted by Gasteiger charge is -2.15. The molecule has 0 saturated carbocycles. The number of rotatable bonds is 7. The van der Waals surface area contributed by atoms with Gasteiger partial charge in [-0.3, -0.25) is 9.59 Å². The summed E-state index contributed by atoms with van der Waals surface area (Å²) >= 11 is 0. The van der Waals surface area contributed by atoms with Crippen molar-refractivity contribution in [3.63, 3.8) is 0 Å². The van der Waals surface area contributed by atoms with Gasteiger partial charge in [0, 0.05) is 12.6 Å². The van der Waals surface area contributed by atoms with Crippen LogP contribution in [0.3, 0.4) is 0 Å². The minimum Gasteiger partial charge on any atom is -0.497 e. The van der Waals surface area contributed by atoms with Crippen LogP contribution in [0.1, 0.15) is 22.8 Å². The van der Waals surface area contributed by atoms with Gasteiger partial charge < -0.3 is 14.8 Å². The number of amides is 2. The highest BCUT2D eigenvalue weighted by Crippen LogP contribution is 2.22. The molecule has 0 aliphatic carbocycles. The molecule has 7 nitrogen and oxygen atoms in total. The molecule has 1 aliphatic heterocycles. The maximum absolute atomic E-state index is 12.6. The second kappa shape index (κ2) is 8.39. The Morgan fingerprint density at radius 1 is 1.04 bits per heavy atom. The van der Waals surface area contributed by atoms with Crippen LogP contribution >= 0.6 is 0 Å². The third-order valence-electron chi connectivity index (χ3n) is 4.20. The lowest BCUT2D eigenvalue weighted by atomic mass is 10.2. The highest BCUT2D eigenvalue weighted by atomic mass is 16.5. The molecule has 0 saturated heterocycles. The number of nitrogens with zero attached hydrogens (tertiary/aromatic N) is 1. The van der Waals surface area contributed by atoms with Crippen LogP contribution in [0.4, 0.5) is 5.69 Å². The second-order valence-corrected chi connectivity index (χ2v) is 6.01. The summed E-state index contributed by atoms with van der Waals surface area (Å²) in [6.45, 7) is 2.39. The molecule has 2 aromatic rings. The molecular formula is C21H20N2O5. The van der Waals surface area contributed by atoms with Crippen molar-refractivity contribution < 1.29 is 23.9 Å². The van der Waals surface area contributed by atoms with E-state index in [1.807, 2.05) is 24.3 Å². The van der Waals surface area contributed by atoms with Gasteiger partial charge in [-0.05, 0) is 48.9 Å². The number of carbonyl (C=O) groups is 3. The fourth-order valence-corrected chi connectivity index (χ4v) is 2.74. The Morgan fingerprint density at radius 3 is 2.32 bits per heavy atom. The summed E-state index contributed by atoms with van der Waals surface area (Å²) in [6.07, 6.45) is 1.27. The Hall–Kier alpha value is -3.61. The molecule has 0 atom stereocenters. The van der Waals surface area contributed by atoms with Gasteiger partial charge in [0.05, 0.1) is 25.0 Å². The smallest absolute Gasteiger partial charge is 0.338 e. The van der Waals surface area contributed by atoms with Crippen molar-refractivity contribution in [3.05, 3.63) is 71.4 Å². The Labute approximate surface area is 162 Å². The molecule has 2 aromatic carbocycles. The third-order valence-corrected chi connectivity index (χ3v) is 4.20. The maximum atomic E-state index is 12.6. The predicted molar refractivity (Wildman–Crippen MR) is 103 cm³/mol. The number of methoxy groups -OCH3 is 1. The average Bonchev–Trinajstić information content (AvgIpc) is 3.00. The second-order valence-electron chi connectivity index (χ2n) is 6.01. The van der Waals surface area contributed by atoms with Crippen molar-refractivity contribution in [2.45, 2.75) is 13.5 Å². The summed E-state index contributed by atoms with van der Waals surface area (Å²) in [5.74, 6) is -0.589. The van der Waals surface area contributed by atoms with Crippen molar-refractivity contribution in [2.24, 2.45) is 0 Å². The molecule has 1 heterocycles. The Bertz CT molecular complexity index is 917. The lowest BCUT2D eigenvalue weighted by Crippen LogP contribution is -2.33. The first-order valence-corrected chi connectivity index (χ1v) is 8.77. The van der Waals surface area contributed by atoms with Crippen LogP contribution in [0, 0.1) is 0 Å². The normalized spacial score (nSPS) is 13.4. The number of ether oxygens (including phenoxy) is 2. The van der Waals surface area contributed by atoms with E-state index in [9.17, 15) is 14.4 Å². The average molecular weight is 380 g/mol. The molecule has 2 amide bonds. The van der Waals surface area contributed by atoms with Crippen LogP contribution in [-0.2, 0) is 20.9 Å². The van der Waals surface area contributed by atoms with Gasteiger partial charge in [-0.15, -0.1) is 0 Å². The summed E-state index contributed by atoms with van der Waals surface area (Å²) in [5.41, 5.74) is 1.91. The first-order chi connectivity index (χ1) is 13.5. The van der Waals surface area contributed by atoms with Crippen LogP contribution in [0.2, 0.25) is 0 Å². The molecule has 0 unspecified atom stereocenters. The molecule has 1 N–H and O–H groups in total. The molecule has 1 aliphatic rings. The van der Waals surface area contributed by atoms with E-state index in [0.717, 1.165) is 16.2 Å². The zero-order valence-electron chi connectivity index (χ0n) is 15.6. The van der Waals surface area contributed by atoms with E-state index in [4.69, 9.17) is 9.47 Å². The van der Waals surface area contributed by atoms with E-state index in [1.165, 1.54) is 18.2 Å². The number of hydrogen-bond donors (Lipinski definition) is 1. The van der Waals surface area contributed by atoms with Gasteiger partial charge in [-0.25, -0.2) is 9.69 Å². The number of carbonyl (C=O) groups excluding carboxylic acids is 3. The lowest BCUT2D eigenvalue weighted by molar-refractivity contribution is -0.120. The van der Waals surface area contributed by atoms with Crippen LogP contribution < -0.4 is 15.0 Å². The molecule has 28 heavy (non-hydrogen) atoms. The van der Waals surface area contributed by atoms with E-state index in [2.05, 4.69) is 5.32 Å². The van der Waals surface area contributed by atoms with Crippen LogP contribution in [0.15, 0.2) is 60.3 Å². The summed E-state index contributed by atoms with van der Waals surface area (Å²) in [6, 6.07) is 13.5. The van der Waals surface area contributed by atoms with Gasteiger partial charge in [0.15, 0.2) is 0 Å². The van der Waals surface area contributed by atoms with E-state index in [-0.39, 0.29) is 12.3 Å². The number of esters is 1. The van der Waals surface area contributed by atoms with Crippen LogP contribution in [0.5, 0.6) is 5.75 Å². The van der Waals surface area contributed by atoms with Crippen molar-refractivity contribution >= 4 is 23.5 Å². The summed E-state index contributed by atoms with van der Waals surface area (Å²) in [5, 5.41) is 3.00. The molecule has 3 rings (SSSR count). The number of imide groups is 1. The minimum absolute atomic E-state index is 0.218. The van der Waals surface area contributed by atoms with E-state index < -0.39 is 17.8 Å². The number of benzene rings is 2. The minimum atomic E-state index is -0.451. The van der Waals surface area contributed by atoms with Gasteiger partial charge in [0.25, 0.3) is 11.8 Å². The topological polar surface area (TPSA) is 84.9 Å². The molecule has 0 bridgehead atoms. The summed E-state index contributed by atoms with van der Waals surface area (Å²) < 4.78 is 10.0. The predicted octanol–water partition coefficient (Wildman–Crippen LogP) is 2.42. The molecular weight excluding hydrogens is 360 g/mol. The van der Waals surface area contributed by atoms with Crippen molar-refractivity contribution in [1.82, 2.24) is 5.32 Å². The van der Waals surface area contributed by atoms with Crippen LogP contribution in [0.25, 0.3) is 0 Å². The SMILES string of the molecule is CCOC(=O)c1ccc(N2C(=O)C=C(NCc3ccc(OC)cc3)C2=O)cc1. The van der Waals surface area contributed by atoms with Crippen molar-refractivity contribution in [2.75, 3.05) is 18.6 Å². The van der Waals surface area contributed by atoms with Gasteiger partial charge >= 0.3 is 5.97 Å². The highest BCUT2D eigenvalue weighted by Gasteiger charge is 2.32. The first-order valence-electron chi connectivity index (χ1n) is 8.77. The molecule has 0 fully saturated rings. The van der Waals surface area contributed by atoms with Crippen LogP contribution in [-0.4, -0.2) is 31.5 Å². The van der Waals surface area contributed by atoms with Crippen molar-refractivity contribution in [3.8, 4) is 5.75 Å². The third kappa shape index (κ3) is 4.03. The zero-order chi connectivity index (χ0) is 20.1. The summed E-state index contributed by atoms with van der Waals surface area (Å²) in [4.78, 5) is 37.7. The Kier molecular flexibility index (Phi) is 5.74. The fourth-order valence-electron chi connectivity index (χ4n) is 2.74. The first kappa shape index (κ1) is 19.2.